The molecule has 2 heteroatoms. The van der Waals surface area contributed by atoms with Gasteiger partial charge in [0, 0.05) is 19.3 Å². The summed E-state index contributed by atoms with van der Waals surface area (Å²) in [5, 5.41) is 3.35. The lowest BCUT2D eigenvalue weighted by atomic mass is 9.84. The Bertz CT molecular complexity index is 314. The van der Waals surface area contributed by atoms with Crippen molar-refractivity contribution in [1.82, 2.24) is 0 Å². The summed E-state index contributed by atoms with van der Waals surface area (Å²) in [6.45, 7) is 1.63. The Morgan fingerprint density at radius 2 is 1.82 bits per heavy atom. The minimum atomic E-state index is 0.754. The fourth-order valence-electron chi connectivity index (χ4n) is 2.61. The van der Waals surface area contributed by atoms with Crippen LogP contribution in [0.3, 0.4) is 0 Å². The highest BCUT2D eigenvalue weighted by molar-refractivity contribution is 5.45. The summed E-state index contributed by atoms with van der Waals surface area (Å²) >= 11 is 0. The van der Waals surface area contributed by atoms with Gasteiger partial charge in [0.2, 0.25) is 0 Å². The second kappa shape index (κ2) is 6.65. The Hall–Kier alpha value is -1.02. The standard InChI is InChI=1S/C15H23NO/c1-17-12-11-16-15-9-7-14(8-10-15)13-5-3-2-4-6-13/h7-10,13,16H,2-6,11-12H2,1H3. The Morgan fingerprint density at radius 1 is 1.12 bits per heavy atom. The van der Waals surface area contributed by atoms with Crippen molar-refractivity contribution >= 4 is 5.69 Å². The monoisotopic (exact) mass is 233 g/mol. The summed E-state index contributed by atoms with van der Waals surface area (Å²) in [4.78, 5) is 0. The van der Waals surface area contributed by atoms with Gasteiger partial charge in [0.1, 0.15) is 0 Å². The summed E-state index contributed by atoms with van der Waals surface area (Å²) in [6, 6.07) is 8.95. The molecule has 0 unspecified atom stereocenters. The van der Waals surface area contributed by atoms with Crippen molar-refractivity contribution in [2.24, 2.45) is 0 Å². The Labute approximate surface area is 104 Å². The maximum absolute atomic E-state index is 5.02. The molecule has 1 aromatic carbocycles. The van der Waals surface area contributed by atoms with E-state index in [1.807, 2.05) is 0 Å². The smallest absolute Gasteiger partial charge is 0.0635 e. The first-order valence-electron chi connectivity index (χ1n) is 6.73. The quantitative estimate of drug-likeness (QED) is 0.781. The second-order valence-electron chi connectivity index (χ2n) is 4.88. The van der Waals surface area contributed by atoms with Gasteiger partial charge < -0.3 is 10.1 Å². The fourth-order valence-corrected chi connectivity index (χ4v) is 2.61. The van der Waals surface area contributed by atoms with Gasteiger partial charge in [-0.2, -0.15) is 0 Å². The maximum Gasteiger partial charge on any atom is 0.0635 e. The first kappa shape index (κ1) is 12.4. The van der Waals surface area contributed by atoms with Crippen molar-refractivity contribution in [2.45, 2.75) is 38.0 Å². The fraction of sp³-hybridized carbons (Fsp3) is 0.600. The largest absolute Gasteiger partial charge is 0.383 e. The van der Waals surface area contributed by atoms with Crippen LogP contribution in [0, 0.1) is 0 Å². The molecule has 1 aliphatic carbocycles. The molecule has 0 saturated heterocycles. The molecule has 0 amide bonds. The van der Waals surface area contributed by atoms with Crippen LogP contribution < -0.4 is 5.32 Å². The van der Waals surface area contributed by atoms with Crippen molar-refractivity contribution in [2.75, 3.05) is 25.6 Å². The molecular weight excluding hydrogens is 210 g/mol. The molecule has 0 radical (unpaired) electrons. The van der Waals surface area contributed by atoms with Crippen LogP contribution in [0.15, 0.2) is 24.3 Å². The first-order valence-corrected chi connectivity index (χ1v) is 6.73. The minimum absolute atomic E-state index is 0.754. The Balaban J connectivity index is 1.88. The normalized spacial score (nSPS) is 17.0. The summed E-state index contributed by atoms with van der Waals surface area (Å²) < 4.78 is 5.02. The van der Waals surface area contributed by atoms with Crippen molar-refractivity contribution < 1.29 is 4.74 Å². The van der Waals surface area contributed by atoms with E-state index in [1.165, 1.54) is 43.4 Å². The molecule has 1 aromatic rings. The van der Waals surface area contributed by atoms with Gasteiger partial charge >= 0.3 is 0 Å². The number of methoxy groups -OCH3 is 1. The molecule has 0 spiro atoms. The third-order valence-corrected chi connectivity index (χ3v) is 3.62. The summed E-state index contributed by atoms with van der Waals surface area (Å²) in [5.74, 6) is 0.803. The molecule has 0 bridgehead atoms. The molecule has 17 heavy (non-hydrogen) atoms. The van der Waals surface area contributed by atoms with Crippen LogP contribution in [0.4, 0.5) is 5.69 Å². The molecule has 0 heterocycles. The number of ether oxygens (including phenoxy) is 1. The zero-order valence-electron chi connectivity index (χ0n) is 10.7. The van der Waals surface area contributed by atoms with Crippen LogP contribution >= 0.6 is 0 Å². The lowest BCUT2D eigenvalue weighted by molar-refractivity contribution is 0.211. The lowest BCUT2D eigenvalue weighted by Crippen LogP contribution is -2.08. The van der Waals surface area contributed by atoms with Gasteiger partial charge in [-0.05, 0) is 36.5 Å². The molecule has 2 rings (SSSR count). The highest BCUT2D eigenvalue weighted by Gasteiger charge is 2.14. The predicted molar refractivity (Wildman–Crippen MR) is 72.6 cm³/mol. The minimum Gasteiger partial charge on any atom is -0.383 e. The van der Waals surface area contributed by atoms with Gasteiger partial charge in [-0.3, -0.25) is 0 Å². The molecular formula is C15H23NO. The number of anilines is 1. The number of benzene rings is 1. The van der Waals surface area contributed by atoms with Gasteiger partial charge in [0.25, 0.3) is 0 Å². The number of nitrogens with one attached hydrogen (secondary N) is 1. The summed E-state index contributed by atoms with van der Waals surface area (Å²) in [7, 11) is 1.73. The van der Waals surface area contributed by atoms with Crippen molar-refractivity contribution in [3.63, 3.8) is 0 Å². The van der Waals surface area contributed by atoms with Crippen LogP contribution in [0.1, 0.15) is 43.6 Å². The van der Waals surface area contributed by atoms with E-state index < -0.39 is 0 Å². The second-order valence-corrected chi connectivity index (χ2v) is 4.88. The van der Waals surface area contributed by atoms with E-state index >= 15 is 0 Å². The van der Waals surface area contributed by atoms with Gasteiger partial charge in [0.15, 0.2) is 0 Å². The molecule has 0 aromatic heterocycles. The van der Waals surface area contributed by atoms with E-state index in [4.69, 9.17) is 4.74 Å². The third-order valence-electron chi connectivity index (χ3n) is 3.62. The van der Waals surface area contributed by atoms with Crippen molar-refractivity contribution in [3.8, 4) is 0 Å². The van der Waals surface area contributed by atoms with E-state index in [1.54, 1.807) is 7.11 Å². The van der Waals surface area contributed by atoms with Crippen molar-refractivity contribution in [3.05, 3.63) is 29.8 Å². The lowest BCUT2D eigenvalue weighted by Gasteiger charge is -2.22. The van der Waals surface area contributed by atoms with Gasteiger partial charge in [0.05, 0.1) is 6.61 Å². The van der Waals surface area contributed by atoms with E-state index in [9.17, 15) is 0 Å². The molecule has 2 nitrogen and oxygen atoms in total. The Kier molecular flexibility index (Phi) is 4.87. The van der Waals surface area contributed by atoms with E-state index in [-0.39, 0.29) is 0 Å². The van der Waals surface area contributed by atoms with Crippen LogP contribution in [-0.4, -0.2) is 20.3 Å². The molecule has 0 atom stereocenters. The van der Waals surface area contributed by atoms with E-state index in [0.717, 1.165) is 19.1 Å². The van der Waals surface area contributed by atoms with Crippen LogP contribution in [0.25, 0.3) is 0 Å². The highest BCUT2D eigenvalue weighted by atomic mass is 16.5. The molecule has 0 aliphatic heterocycles. The van der Waals surface area contributed by atoms with E-state index in [0.29, 0.717) is 0 Å². The number of hydrogen-bond acceptors (Lipinski definition) is 2. The molecule has 94 valence electrons. The zero-order chi connectivity index (χ0) is 11.9. The maximum atomic E-state index is 5.02. The predicted octanol–water partition coefficient (Wildman–Crippen LogP) is 3.79. The SMILES string of the molecule is COCCNc1ccc(C2CCCCC2)cc1. The van der Waals surface area contributed by atoms with E-state index in [2.05, 4.69) is 29.6 Å². The van der Waals surface area contributed by atoms with Gasteiger partial charge in [-0.1, -0.05) is 31.4 Å². The molecule has 1 saturated carbocycles. The highest BCUT2D eigenvalue weighted by Crippen LogP contribution is 2.32. The average Bonchev–Trinajstić information content (AvgIpc) is 2.41. The zero-order valence-corrected chi connectivity index (χ0v) is 10.7. The molecule has 1 N–H and O–H groups in total. The van der Waals surface area contributed by atoms with Crippen LogP contribution in [0.5, 0.6) is 0 Å². The summed E-state index contributed by atoms with van der Waals surface area (Å²) in [6.07, 6.45) is 6.97. The van der Waals surface area contributed by atoms with Crippen LogP contribution in [0.2, 0.25) is 0 Å². The number of rotatable bonds is 5. The number of hydrogen-bond donors (Lipinski definition) is 1. The van der Waals surface area contributed by atoms with Gasteiger partial charge in [-0.25, -0.2) is 0 Å². The van der Waals surface area contributed by atoms with Gasteiger partial charge in [-0.15, -0.1) is 0 Å². The average molecular weight is 233 g/mol. The van der Waals surface area contributed by atoms with Crippen molar-refractivity contribution in [1.29, 1.82) is 0 Å². The molecule has 1 aliphatic rings. The molecule has 1 fully saturated rings. The first-order chi connectivity index (χ1) is 8.40. The van der Waals surface area contributed by atoms with Crippen LogP contribution in [-0.2, 0) is 4.74 Å². The third kappa shape index (κ3) is 3.74. The Morgan fingerprint density at radius 3 is 2.47 bits per heavy atom. The topological polar surface area (TPSA) is 21.3 Å². The summed E-state index contributed by atoms with van der Waals surface area (Å²) in [5.41, 5.74) is 2.71.